The predicted molar refractivity (Wildman–Crippen MR) is 76.6 cm³/mol. The summed E-state index contributed by atoms with van der Waals surface area (Å²) in [4.78, 5) is 11.5. The van der Waals surface area contributed by atoms with Crippen LogP contribution in [0.15, 0.2) is 18.2 Å². The van der Waals surface area contributed by atoms with Crippen molar-refractivity contribution in [2.24, 2.45) is 0 Å². The summed E-state index contributed by atoms with van der Waals surface area (Å²) in [6, 6.07) is 6.44. The van der Waals surface area contributed by atoms with E-state index in [9.17, 15) is 4.79 Å². The minimum Gasteiger partial charge on any atom is -0.444 e. The summed E-state index contributed by atoms with van der Waals surface area (Å²) in [5, 5.41) is 6.12. The molecule has 1 aliphatic heterocycles. The normalized spacial score (nSPS) is 13.6. The number of nitrogens with one attached hydrogen (secondary N) is 2. The van der Waals surface area contributed by atoms with Crippen LogP contribution in [0.5, 0.6) is 0 Å². The molecule has 1 aromatic rings. The van der Waals surface area contributed by atoms with Gasteiger partial charge in [-0.25, -0.2) is 4.79 Å². The second-order valence-corrected chi connectivity index (χ2v) is 5.85. The monoisotopic (exact) mass is 262 g/mol. The molecule has 2 rings (SSSR count). The number of amides is 1. The highest BCUT2D eigenvalue weighted by Crippen LogP contribution is 2.23. The van der Waals surface area contributed by atoms with E-state index >= 15 is 0 Å². The molecule has 0 aliphatic carbocycles. The summed E-state index contributed by atoms with van der Waals surface area (Å²) in [6.07, 6.45) is 1.56. The molecule has 4 nitrogen and oxygen atoms in total. The van der Waals surface area contributed by atoms with Gasteiger partial charge < -0.3 is 15.4 Å². The Hall–Kier alpha value is -1.71. The predicted octanol–water partition coefficient (Wildman–Crippen LogP) is 2.72. The van der Waals surface area contributed by atoms with Crippen LogP contribution in [0.1, 0.15) is 31.9 Å². The van der Waals surface area contributed by atoms with Gasteiger partial charge in [0.15, 0.2) is 0 Å². The standard InChI is InChI=1S/C15H22N2O2/c1-15(2,3)19-14(18)17-8-6-11-4-5-13-12(10-11)7-9-16-13/h4-5,10,16H,6-9H2,1-3H3,(H,17,18). The van der Waals surface area contributed by atoms with Gasteiger partial charge in [0.2, 0.25) is 0 Å². The highest BCUT2D eigenvalue weighted by Gasteiger charge is 2.15. The zero-order valence-corrected chi connectivity index (χ0v) is 11.9. The summed E-state index contributed by atoms with van der Waals surface area (Å²) >= 11 is 0. The highest BCUT2D eigenvalue weighted by atomic mass is 16.6. The number of carbonyl (C=O) groups is 1. The molecule has 0 spiro atoms. The van der Waals surface area contributed by atoms with Gasteiger partial charge in [-0.15, -0.1) is 0 Å². The molecular formula is C15H22N2O2. The largest absolute Gasteiger partial charge is 0.444 e. The number of rotatable bonds is 3. The van der Waals surface area contributed by atoms with Gasteiger partial charge in [-0.1, -0.05) is 12.1 Å². The first-order chi connectivity index (χ1) is 8.94. The van der Waals surface area contributed by atoms with Crippen molar-refractivity contribution in [1.82, 2.24) is 5.32 Å². The number of carbonyl (C=O) groups excluding carboxylic acids is 1. The second kappa shape index (κ2) is 5.51. The van der Waals surface area contributed by atoms with Gasteiger partial charge in [0.25, 0.3) is 0 Å². The highest BCUT2D eigenvalue weighted by molar-refractivity contribution is 5.67. The lowest BCUT2D eigenvalue weighted by Gasteiger charge is -2.19. The average Bonchev–Trinajstić information content (AvgIpc) is 2.73. The smallest absolute Gasteiger partial charge is 0.407 e. The van der Waals surface area contributed by atoms with Crippen LogP contribution in [0.25, 0.3) is 0 Å². The van der Waals surface area contributed by atoms with Gasteiger partial charge in [0, 0.05) is 18.8 Å². The topological polar surface area (TPSA) is 50.4 Å². The van der Waals surface area contributed by atoms with Crippen LogP contribution in [0, 0.1) is 0 Å². The molecule has 0 saturated heterocycles. The van der Waals surface area contributed by atoms with E-state index in [1.54, 1.807) is 0 Å². The molecule has 0 fully saturated rings. The molecular weight excluding hydrogens is 240 g/mol. The fourth-order valence-electron chi connectivity index (χ4n) is 2.14. The Morgan fingerprint density at radius 2 is 2.21 bits per heavy atom. The fraction of sp³-hybridized carbons (Fsp3) is 0.533. The van der Waals surface area contributed by atoms with E-state index in [0.717, 1.165) is 19.4 Å². The fourth-order valence-corrected chi connectivity index (χ4v) is 2.14. The van der Waals surface area contributed by atoms with Gasteiger partial charge >= 0.3 is 6.09 Å². The Morgan fingerprint density at radius 1 is 1.42 bits per heavy atom. The summed E-state index contributed by atoms with van der Waals surface area (Å²) in [7, 11) is 0. The molecule has 104 valence electrons. The van der Waals surface area contributed by atoms with Crippen molar-refractivity contribution in [2.75, 3.05) is 18.4 Å². The van der Waals surface area contributed by atoms with Crippen LogP contribution in [0.4, 0.5) is 10.5 Å². The number of hydrogen-bond acceptors (Lipinski definition) is 3. The first-order valence-electron chi connectivity index (χ1n) is 6.76. The van der Waals surface area contributed by atoms with Crippen LogP contribution in [-0.4, -0.2) is 24.8 Å². The molecule has 19 heavy (non-hydrogen) atoms. The average molecular weight is 262 g/mol. The van der Waals surface area contributed by atoms with Gasteiger partial charge in [-0.2, -0.15) is 0 Å². The zero-order valence-electron chi connectivity index (χ0n) is 11.9. The van der Waals surface area contributed by atoms with Gasteiger partial charge in [-0.3, -0.25) is 0 Å². The third-order valence-corrected chi connectivity index (χ3v) is 2.96. The van der Waals surface area contributed by atoms with E-state index in [1.165, 1.54) is 16.8 Å². The molecule has 1 aromatic carbocycles. The van der Waals surface area contributed by atoms with E-state index in [-0.39, 0.29) is 6.09 Å². The molecule has 1 amide bonds. The molecule has 0 unspecified atom stereocenters. The van der Waals surface area contributed by atoms with Gasteiger partial charge in [0.1, 0.15) is 5.60 Å². The van der Waals surface area contributed by atoms with Crippen molar-refractivity contribution in [3.05, 3.63) is 29.3 Å². The SMILES string of the molecule is CC(C)(C)OC(=O)NCCc1ccc2c(c1)CCN2. The Balaban J connectivity index is 1.78. The minimum absolute atomic E-state index is 0.352. The first-order valence-corrected chi connectivity index (χ1v) is 6.76. The molecule has 0 saturated carbocycles. The van der Waals surface area contributed by atoms with E-state index in [0.29, 0.717) is 6.54 Å². The molecule has 2 N–H and O–H groups in total. The van der Waals surface area contributed by atoms with Crippen molar-refractivity contribution in [3.63, 3.8) is 0 Å². The maximum atomic E-state index is 11.5. The minimum atomic E-state index is -0.441. The molecule has 1 heterocycles. The lowest BCUT2D eigenvalue weighted by Crippen LogP contribution is -2.33. The van der Waals surface area contributed by atoms with Crippen molar-refractivity contribution in [3.8, 4) is 0 Å². The zero-order chi connectivity index (χ0) is 13.9. The molecule has 4 heteroatoms. The van der Waals surface area contributed by atoms with Crippen molar-refractivity contribution < 1.29 is 9.53 Å². The van der Waals surface area contributed by atoms with Gasteiger partial charge in [-0.05, 0) is 50.8 Å². The molecule has 0 aromatic heterocycles. The second-order valence-electron chi connectivity index (χ2n) is 5.85. The maximum absolute atomic E-state index is 11.5. The third kappa shape index (κ3) is 4.16. The molecule has 0 bridgehead atoms. The number of alkyl carbamates (subject to hydrolysis) is 1. The van der Waals surface area contributed by atoms with Crippen molar-refractivity contribution in [1.29, 1.82) is 0 Å². The van der Waals surface area contributed by atoms with Crippen molar-refractivity contribution >= 4 is 11.8 Å². The van der Waals surface area contributed by atoms with E-state index in [4.69, 9.17) is 4.74 Å². The van der Waals surface area contributed by atoms with E-state index in [1.807, 2.05) is 20.8 Å². The number of ether oxygens (including phenoxy) is 1. The summed E-state index contributed by atoms with van der Waals surface area (Å²) in [6.45, 7) is 7.20. The van der Waals surface area contributed by atoms with Crippen LogP contribution in [0.2, 0.25) is 0 Å². The van der Waals surface area contributed by atoms with Crippen molar-refractivity contribution in [2.45, 2.75) is 39.2 Å². The Kier molecular flexibility index (Phi) is 3.98. The van der Waals surface area contributed by atoms with Crippen LogP contribution in [-0.2, 0) is 17.6 Å². The maximum Gasteiger partial charge on any atom is 0.407 e. The Labute approximate surface area is 114 Å². The Morgan fingerprint density at radius 3 is 2.95 bits per heavy atom. The third-order valence-electron chi connectivity index (χ3n) is 2.96. The van der Waals surface area contributed by atoms with Crippen LogP contribution >= 0.6 is 0 Å². The summed E-state index contributed by atoms with van der Waals surface area (Å²) < 4.78 is 5.19. The number of fused-ring (bicyclic) bond motifs is 1. The number of hydrogen-bond donors (Lipinski definition) is 2. The Bertz CT molecular complexity index is 464. The van der Waals surface area contributed by atoms with E-state index in [2.05, 4.69) is 28.8 Å². The molecule has 0 atom stereocenters. The summed E-state index contributed by atoms with van der Waals surface area (Å²) in [5.74, 6) is 0. The molecule has 1 aliphatic rings. The summed E-state index contributed by atoms with van der Waals surface area (Å²) in [5.41, 5.74) is 3.42. The lowest BCUT2D eigenvalue weighted by molar-refractivity contribution is 0.0528. The quantitative estimate of drug-likeness (QED) is 0.880. The number of anilines is 1. The van der Waals surface area contributed by atoms with Crippen LogP contribution in [0.3, 0.4) is 0 Å². The van der Waals surface area contributed by atoms with Gasteiger partial charge in [0.05, 0.1) is 0 Å². The lowest BCUT2D eigenvalue weighted by atomic mass is 10.1. The molecule has 0 radical (unpaired) electrons. The van der Waals surface area contributed by atoms with Crippen LogP contribution < -0.4 is 10.6 Å². The first kappa shape index (κ1) is 13.7. The van der Waals surface area contributed by atoms with E-state index < -0.39 is 5.60 Å². The number of benzene rings is 1.